The first-order chi connectivity index (χ1) is 44.3. The molecule has 11 rings (SSSR count). The van der Waals surface area contributed by atoms with E-state index in [1.54, 1.807) is 85.3 Å². The van der Waals surface area contributed by atoms with Crippen molar-refractivity contribution in [3.63, 3.8) is 0 Å². The maximum atomic E-state index is 15.9. The molecule has 0 amide bonds. The van der Waals surface area contributed by atoms with Crippen LogP contribution >= 0.6 is 31.0 Å². The maximum Gasteiger partial charge on any atom is 0.587 e. The lowest BCUT2D eigenvalue weighted by molar-refractivity contribution is -0.200. The molecule has 5 aromatic heterocycles. The van der Waals surface area contributed by atoms with Crippen molar-refractivity contribution in [2.24, 2.45) is 0 Å². The first-order valence-electron chi connectivity index (χ1n) is 31.2. The minimum atomic E-state index is -5.04. The van der Waals surface area contributed by atoms with Crippen LogP contribution in [0.5, 0.6) is 17.4 Å². The Hall–Kier alpha value is -7.21. The number of phosphoric acid groups is 1. The molecule has 0 spiro atoms. The predicted molar refractivity (Wildman–Crippen MR) is 337 cm³/mol. The first kappa shape index (κ1) is 66.3. The first-order valence-corrected chi connectivity index (χ1v) is 33.4. The summed E-state index contributed by atoms with van der Waals surface area (Å²) in [5.74, 6) is -2.06. The Morgan fingerprint density at radius 2 is 1.12 bits per heavy atom. The summed E-state index contributed by atoms with van der Waals surface area (Å²) in [6, 6.07) is 26.4. The summed E-state index contributed by atoms with van der Waals surface area (Å²) in [5.41, 5.74) is 12.0. The van der Waals surface area contributed by atoms with Crippen LogP contribution in [0.4, 0.5) is 11.6 Å². The zero-order valence-electron chi connectivity index (χ0n) is 52.0. The molecule has 4 N–H and O–H groups in total. The summed E-state index contributed by atoms with van der Waals surface area (Å²) in [5, 5.41) is 40.9. The minimum absolute atomic E-state index is 0.0638. The Morgan fingerprint density at radius 3 is 1.60 bits per heavy atom. The normalized spacial score (nSPS) is 24.0. The number of rotatable bonds is 30. The molecule has 4 aliphatic rings. The van der Waals surface area contributed by atoms with Gasteiger partial charge in [0.1, 0.15) is 85.2 Å². The number of ether oxygens (including phenoxy) is 8. The van der Waals surface area contributed by atoms with Gasteiger partial charge in [-0.05, 0) is 87.7 Å². The number of pyridine rings is 1. The average molecular weight is 1320 g/mol. The largest absolute Gasteiger partial charge is 0.587 e. The topological polar surface area (TPSA) is 315 Å². The molecular formula is C65H75Cl2N12O12P. The number of hydrogen-bond acceptors (Lipinski definition) is 22. The number of anilines is 2. The molecule has 92 heavy (non-hydrogen) atoms. The van der Waals surface area contributed by atoms with Crippen LogP contribution in [0.3, 0.4) is 0 Å². The lowest BCUT2D eigenvalue weighted by atomic mass is 9.88. The highest BCUT2D eigenvalue weighted by Crippen LogP contribution is 2.57. The van der Waals surface area contributed by atoms with Gasteiger partial charge in [-0.2, -0.15) is 26.0 Å². The van der Waals surface area contributed by atoms with Crippen molar-refractivity contribution in [2.75, 3.05) is 31.3 Å². The van der Waals surface area contributed by atoms with Gasteiger partial charge in [0.15, 0.2) is 45.9 Å². The number of fused-ring (bicyclic) bond motifs is 4. The van der Waals surface area contributed by atoms with E-state index >= 15 is 4.57 Å². The Morgan fingerprint density at radius 1 is 0.630 bits per heavy atom. The van der Waals surface area contributed by atoms with Gasteiger partial charge in [-0.25, -0.2) is 28.5 Å². The SMILES string of the molecule is CCCCCCCCCCCCCCOC[C@H](COP(=O)(Oc1cccc(C[C@]2(C#N)O[C@H](c3ccc4c(N)ncnn34)[C@H]3OC(C)(C)O[C@H]32)c1Cl)Oc1cccc(C[C@]2(C#N)O[C@H](c3ccc4c(N)ncnn34)[C@H]3OC(C)(C)O[C@H]32)c1Cl)Oc1cc(C#N)ccn1. The smallest absolute Gasteiger partial charge is 0.469 e. The van der Waals surface area contributed by atoms with Gasteiger partial charge in [-0.1, -0.05) is 125 Å². The van der Waals surface area contributed by atoms with E-state index in [1.165, 1.54) is 94.5 Å². The quantitative estimate of drug-likeness (QED) is 0.0312. The van der Waals surface area contributed by atoms with Gasteiger partial charge >= 0.3 is 7.82 Å². The Labute approximate surface area is 543 Å². The van der Waals surface area contributed by atoms with Gasteiger partial charge in [0.2, 0.25) is 5.88 Å². The lowest BCUT2D eigenvalue weighted by Crippen LogP contribution is -2.44. The number of nitrogen functional groups attached to an aromatic ring is 2. The molecule has 0 saturated carbocycles. The molecule has 9 atom stereocenters. The number of aromatic nitrogens is 7. The zero-order valence-corrected chi connectivity index (χ0v) is 54.4. The number of halogens is 2. The molecule has 486 valence electrons. The third-order valence-corrected chi connectivity index (χ3v) is 19.0. The molecule has 4 fully saturated rings. The molecule has 0 bridgehead atoms. The highest BCUT2D eigenvalue weighted by molar-refractivity contribution is 7.49. The summed E-state index contributed by atoms with van der Waals surface area (Å²) in [7, 11) is -5.04. The number of nitriles is 3. The molecule has 27 heteroatoms. The van der Waals surface area contributed by atoms with Crippen LogP contribution in [0.2, 0.25) is 10.0 Å². The van der Waals surface area contributed by atoms with Gasteiger partial charge in [-0.3, -0.25) is 4.52 Å². The second-order valence-electron chi connectivity index (χ2n) is 24.5. The fourth-order valence-corrected chi connectivity index (χ4v) is 14.4. The fourth-order valence-electron chi connectivity index (χ4n) is 12.5. The van der Waals surface area contributed by atoms with Crippen LogP contribution in [0.15, 0.2) is 91.6 Å². The van der Waals surface area contributed by atoms with E-state index in [2.05, 4.69) is 50.3 Å². The molecular weight excluding hydrogens is 1240 g/mol. The third-order valence-electron chi connectivity index (χ3n) is 16.9. The van der Waals surface area contributed by atoms with Crippen molar-refractivity contribution in [3.05, 3.63) is 130 Å². The summed E-state index contributed by atoms with van der Waals surface area (Å²) in [4.78, 5) is 12.6. The van der Waals surface area contributed by atoms with E-state index < -0.39 is 79.9 Å². The molecule has 0 aliphatic carbocycles. The van der Waals surface area contributed by atoms with Crippen LogP contribution in [0, 0.1) is 34.0 Å². The second-order valence-corrected chi connectivity index (χ2v) is 26.7. The summed E-state index contributed by atoms with van der Waals surface area (Å²) in [6.07, 6.45) is 11.5. The molecule has 4 saturated heterocycles. The van der Waals surface area contributed by atoms with E-state index in [0.717, 1.165) is 25.7 Å². The average Bonchev–Trinajstić information content (AvgIpc) is 1.57. The highest BCUT2D eigenvalue weighted by atomic mass is 35.5. The number of unbranched alkanes of at least 4 members (excludes halogenated alkanes) is 11. The third kappa shape index (κ3) is 14.3. The Kier molecular flexibility index (Phi) is 20.3. The van der Waals surface area contributed by atoms with Crippen molar-refractivity contribution in [2.45, 2.75) is 190 Å². The van der Waals surface area contributed by atoms with E-state index in [0.29, 0.717) is 40.2 Å². The number of phosphoric ester groups is 1. The van der Waals surface area contributed by atoms with Crippen LogP contribution in [0.25, 0.3) is 11.0 Å². The molecule has 9 heterocycles. The second kappa shape index (κ2) is 28.2. The van der Waals surface area contributed by atoms with Crippen molar-refractivity contribution >= 4 is 53.7 Å². The van der Waals surface area contributed by atoms with E-state index in [9.17, 15) is 15.8 Å². The molecule has 4 aliphatic heterocycles. The maximum absolute atomic E-state index is 15.9. The highest BCUT2D eigenvalue weighted by Gasteiger charge is 2.66. The fraction of sp³-hybridized carbons (Fsp3) is 0.508. The monoisotopic (exact) mass is 1320 g/mol. The van der Waals surface area contributed by atoms with E-state index in [-0.39, 0.29) is 64.1 Å². The molecule has 7 aromatic rings. The van der Waals surface area contributed by atoms with Crippen molar-refractivity contribution < 1.29 is 56.0 Å². The number of hydrogen-bond donors (Lipinski definition) is 2. The van der Waals surface area contributed by atoms with Crippen LogP contribution in [-0.2, 0) is 55.1 Å². The van der Waals surface area contributed by atoms with Gasteiger partial charge in [0.05, 0.1) is 39.7 Å². The molecule has 0 radical (unpaired) electrons. The summed E-state index contributed by atoms with van der Waals surface area (Å²) < 4.78 is 90.1. The summed E-state index contributed by atoms with van der Waals surface area (Å²) in [6.45, 7) is 9.06. The van der Waals surface area contributed by atoms with Gasteiger partial charge in [0, 0.05) is 31.7 Å². The number of benzene rings is 2. The van der Waals surface area contributed by atoms with Crippen molar-refractivity contribution in [3.8, 4) is 35.6 Å². The van der Waals surface area contributed by atoms with Crippen LogP contribution < -0.4 is 25.3 Å². The standard InChI is InChI=1S/C65H75Cl2N12O12P/c1-6-7-8-9-10-11-12-13-14-15-16-17-30-81-35-44(83-51-31-41(34-68)28-29-73-51)36-82-92(80,90-49-22-18-20-42(52(49)66)32-64(37-69)58-56(84-62(2,3)88-58)54(86-64)45-24-26-47-60(71)74-39-76-78(45)47)91-50-23-19-21-43(53(50)67)33-65(38-70)59-57(85-63(4,5)89-59)55(87-65)46-25-27-48-61(72)75-40-77-79(46)48/h18-29,31,39-40,44,54-59H,6-17,30,32-33,35-36H2,1-5H3,(H2,71,74,76)(H2,72,75,77)/t44-,54-,55-,56-,57-,58-,59-,64-,65-/m1/s1. The lowest BCUT2D eigenvalue weighted by Gasteiger charge is -2.30. The Balaban J connectivity index is 0.874. The van der Waals surface area contributed by atoms with Gasteiger partial charge in [-0.15, -0.1) is 0 Å². The van der Waals surface area contributed by atoms with E-state index in [1.807, 2.05) is 0 Å². The van der Waals surface area contributed by atoms with Gasteiger partial charge < -0.3 is 58.4 Å². The number of nitrogens with two attached hydrogens (primary N) is 2. The van der Waals surface area contributed by atoms with Gasteiger partial charge in [0.25, 0.3) is 0 Å². The Bertz CT molecular complexity index is 3750. The zero-order chi connectivity index (χ0) is 64.8. The minimum Gasteiger partial charge on any atom is -0.469 e. The van der Waals surface area contributed by atoms with Crippen LogP contribution in [-0.4, -0.2) is 107 Å². The van der Waals surface area contributed by atoms with Crippen LogP contribution in [0.1, 0.15) is 152 Å². The molecule has 2 aromatic carbocycles. The predicted octanol–water partition coefficient (Wildman–Crippen LogP) is 12.5. The molecule has 0 unspecified atom stereocenters. The number of nitrogens with zero attached hydrogens (tertiary/aromatic N) is 10. The molecule has 24 nitrogen and oxygen atoms in total. The van der Waals surface area contributed by atoms with Crippen molar-refractivity contribution in [1.82, 2.24) is 34.2 Å². The van der Waals surface area contributed by atoms with Crippen molar-refractivity contribution in [1.29, 1.82) is 15.8 Å². The summed E-state index contributed by atoms with van der Waals surface area (Å²) >= 11 is 14.7. The van der Waals surface area contributed by atoms with E-state index in [4.69, 9.17) is 86.1 Å².